The third-order valence-corrected chi connectivity index (χ3v) is 4.61. The van der Waals surface area contributed by atoms with Crippen molar-refractivity contribution in [3.63, 3.8) is 0 Å². The highest BCUT2D eigenvalue weighted by molar-refractivity contribution is 9.10. The summed E-state index contributed by atoms with van der Waals surface area (Å²) in [7, 11) is 0. The van der Waals surface area contributed by atoms with Crippen molar-refractivity contribution in [2.24, 2.45) is 5.73 Å². The molecule has 0 radical (unpaired) electrons. The van der Waals surface area contributed by atoms with E-state index in [-0.39, 0.29) is 6.04 Å². The quantitative estimate of drug-likeness (QED) is 0.826. The Balaban J connectivity index is 2.06. The topological polar surface area (TPSA) is 35.2 Å². The third-order valence-electron chi connectivity index (χ3n) is 3.41. The molecule has 2 aromatic carbocycles. The molecule has 0 aromatic heterocycles. The number of rotatable bonds is 2. The molecule has 2 nitrogen and oxygen atoms in total. The molecule has 0 saturated heterocycles. The Kier molecular flexibility index (Phi) is 3.95. The van der Waals surface area contributed by atoms with Crippen LogP contribution >= 0.6 is 39.1 Å². The van der Waals surface area contributed by atoms with Gasteiger partial charge in [0.15, 0.2) is 0 Å². The Morgan fingerprint density at radius 2 is 1.95 bits per heavy atom. The molecule has 104 valence electrons. The maximum Gasteiger partial charge on any atom is 0.127 e. The fourth-order valence-electron chi connectivity index (χ4n) is 2.41. The molecule has 0 saturated carbocycles. The van der Waals surface area contributed by atoms with E-state index in [4.69, 9.17) is 33.7 Å². The Bertz CT molecular complexity index is 675. The first-order valence-electron chi connectivity index (χ1n) is 6.22. The summed E-state index contributed by atoms with van der Waals surface area (Å²) in [5.41, 5.74) is 9.44. The molecule has 0 bridgehead atoms. The average Bonchev–Trinajstić information content (AvgIpc) is 2.88. The zero-order valence-electron chi connectivity index (χ0n) is 10.5. The maximum absolute atomic E-state index is 6.37. The molecule has 0 amide bonds. The van der Waals surface area contributed by atoms with E-state index >= 15 is 0 Å². The summed E-state index contributed by atoms with van der Waals surface area (Å²) in [6.45, 7) is 0.701. The van der Waals surface area contributed by atoms with Crippen LogP contribution in [-0.2, 0) is 6.42 Å². The highest BCUT2D eigenvalue weighted by Gasteiger charge is 2.22. The Hall–Kier alpha value is -0.740. The summed E-state index contributed by atoms with van der Waals surface area (Å²) < 4.78 is 6.73. The first-order chi connectivity index (χ1) is 9.56. The zero-order valence-corrected chi connectivity index (χ0v) is 13.6. The molecule has 0 fully saturated rings. The average molecular weight is 373 g/mol. The molecule has 0 aliphatic carbocycles. The smallest absolute Gasteiger partial charge is 0.127 e. The lowest BCUT2D eigenvalue weighted by atomic mass is 9.96. The minimum absolute atomic E-state index is 0.297. The molecule has 0 spiro atoms. The number of hydrogen-bond acceptors (Lipinski definition) is 2. The molecule has 2 aromatic rings. The van der Waals surface area contributed by atoms with Crippen molar-refractivity contribution < 1.29 is 4.74 Å². The van der Waals surface area contributed by atoms with Gasteiger partial charge in [0.25, 0.3) is 0 Å². The van der Waals surface area contributed by atoms with E-state index in [1.54, 1.807) is 12.1 Å². The SMILES string of the molecule is NC(c1ccc(Cl)c(Cl)c1)c1cc(Br)cc2c1OCC2. The highest BCUT2D eigenvalue weighted by Crippen LogP contribution is 2.38. The molecule has 1 unspecified atom stereocenters. The van der Waals surface area contributed by atoms with Crippen molar-refractivity contribution in [2.45, 2.75) is 12.5 Å². The Morgan fingerprint density at radius 3 is 2.70 bits per heavy atom. The molecule has 5 heteroatoms. The number of fused-ring (bicyclic) bond motifs is 1. The molecule has 20 heavy (non-hydrogen) atoms. The van der Waals surface area contributed by atoms with Gasteiger partial charge >= 0.3 is 0 Å². The van der Waals surface area contributed by atoms with Crippen molar-refractivity contribution in [3.05, 3.63) is 61.5 Å². The second-order valence-corrected chi connectivity index (χ2v) is 6.46. The summed E-state index contributed by atoms with van der Waals surface area (Å²) in [6.07, 6.45) is 0.913. The predicted molar refractivity (Wildman–Crippen MR) is 85.8 cm³/mol. The van der Waals surface area contributed by atoms with Crippen LogP contribution in [0, 0.1) is 0 Å². The van der Waals surface area contributed by atoms with Crippen molar-refractivity contribution in [1.82, 2.24) is 0 Å². The Labute approximate surface area is 136 Å². The van der Waals surface area contributed by atoms with Crippen molar-refractivity contribution in [3.8, 4) is 5.75 Å². The van der Waals surface area contributed by atoms with Gasteiger partial charge in [-0.2, -0.15) is 0 Å². The van der Waals surface area contributed by atoms with Gasteiger partial charge in [0.1, 0.15) is 5.75 Å². The fraction of sp³-hybridized carbons (Fsp3) is 0.200. The van der Waals surface area contributed by atoms with E-state index in [2.05, 4.69) is 22.0 Å². The van der Waals surface area contributed by atoms with Gasteiger partial charge < -0.3 is 10.5 Å². The minimum Gasteiger partial charge on any atom is -0.493 e. The lowest BCUT2D eigenvalue weighted by molar-refractivity contribution is 0.352. The van der Waals surface area contributed by atoms with E-state index in [0.717, 1.165) is 27.8 Å². The third kappa shape index (κ3) is 2.56. The molecule has 3 rings (SSSR count). The Morgan fingerprint density at radius 1 is 1.15 bits per heavy atom. The van der Waals surface area contributed by atoms with E-state index in [0.29, 0.717) is 16.7 Å². The van der Waals surface area contributed by atoms with E-state index in [1.807, 2.05) is 12.1 Å². The summed E-state index contributed by atoms with van der Waals surface area (Å²) in [4.78, 5) is 0. The minimum atomic E-state index is -0.297. The van der Waals surface area contributed by atoms with E-state index in [1.165, 1.54) is 5.56 Å². The van der Waals surface area contributed by atoms with Crippen LogP contribution in [0.3, 0.4) is 0 Å². The predicted octanol–water partition coefficient (Wildman–Crippen LogP) is 4.74. The highest BCUT2D eigenvalue weighted by atomic mass is 79.9. The van der Waals surface area contributed by atoms with Gasteiger partial charge in [0.2, 0.25) is 0 Å². The monoisotopic (exact) mass is 371 g/mol. The molecular formula is C15H12BrCl2NO. The van der Waals surface area contributed by atoms with Crippen LogP contribution in [0.4, 0.5) is 0 Å². The lowest BCUT2D eigenvalue weighted by Gasteiger charge is -2.17. The van der Waals surface area contributed by atoms with Gasteiger partial charge in [-0.05, 0) is 35.4 Å². The summed E-state index contributed by atoms with van der Waals surface area (Å²) in [6, 6.07) is 9.23. The van der Waals surface area contributed by atoms with Crippen LogP contribution < -0.4 is 10.5 Å². The molecular weight excluding hydrogens is 361 g/mol. The van der Waals surface area contributed by atoms with Gasteiger partial charge in [0.05, 0.1) is 22.7 Å². The summed E-state index contributed by atoms with van der Waals surface area (Å²) >= 11 is 15.5. The summed E-state index contributed by atoms with van der Waals surface area (Å²) in [5, 5.41) is 1.03. The van der Waals surface area contributed by atoms with Crippen molar-refractivity contribution in [1.29, 1.82) is 0 Å². The summed E-state index contributed by atoms with van der Waals surface area (Å²) in [5.74, 6) is 0.895. The largest absolute Gasteiger partial charge is 0.493 e. The second-order valence-electron chi connectivity index (χ2n) is 4.73. The number of hydrogen-bond donors (Lipinski definition) is 1. The van der Waals surface area contributed by atoms with Gasteiger partial charge in [-0.15, -0.1) is 0 Å². The van der Waals surface area contributed by atoms with Crippen molar-refractivity contribution >= 4 is 39.1 Å². The molecule has 1 heterocycles. The van der Waals surface area contributed by atoms with E-state index in [9.17, 15) is 0 Å². The van der Waals surface area contributed by atoms with Crippen molar-refractivity contribution in [2.75, 3.05) is 6.61 Å². The molecule has 1 atom stereocenters. The molecule has 1 aliphatic rings. The standard InChI is InChI=1S/C15H12BrCl2NO/c16-10-5-9-3-4-20-15(9)11(7-10)14(19)8-1-2-12(17)13(18)6-8/h1-2,5-7,14H,3-4,19H2. The number of benzene rings is 2. The van der Waals surface area contributed by atoms with E-state index < -0.39 is 0 Å². The van der Waals surface area contributed by atoms with Gasteiger partial charge in [-0.3, -0.25) is 0 Å². The lowest BCUT2D eigenvalue weighted by Crippen LogP contribution is -2.13. The normalized spacial score (nSPS) is 14.8. The number of halogens is 3. The number of ether oxygens (including phenoxy) is 1. The first kappa shape index (κ1) is 14.2. The molecule has 2 N–H and O–H groups in total. The van der Waals surface area contributed by atoms with Gasteiger partial charge in [-0.25, -0.2) is 0 Å². The molecule has 1 aliphatic heterocycles. The van der Waals surface area contributed by atoms with Crippen LogP contribution in [0.1, 0.15) is 22.7 Å². The van der Waals surface area contributed by atoms with Crippen LogP contribution in [0.15, 0.2) is 34.8 Å². The fourth-order valence-corrected chi connectivity index (χ4v) is 3.24. The van der Waals surface area contributed by atoms with Gasteiger partial charge in [-0.1, -0.05) is 45.2 Å². The maximum atomic E-state index is 6.37. The van der Waals surface area contributed by atoms with Crippen LogP contribution in [0.25, 0.3) is 0 Å². The van der Waals surface area contributed by atoms with Crippen LogP contribution in [0.5, 0.6) is 5.75 Å². The van der Waals surface area contributed by atoms with Crippen LogP contribution in [-0.4, -0.2) is 6.61 Å². The zero-order chi connectivity index (χ0) is 14.3. The number of nitrogens with two attached hydrogens (primary N) is 1. The van der Waals surface area contributed by atoms with Gasteiger partial charge in [0, 0.05) is 16.5 Å². The first-order valence-corrected chi connectivity index (χ1v) is 7.77. The second kappa shape index (κ2) is 5.57. The van der Waals surface area contributed by atoms with Crippen LogP contribution in [0.2, 0.25) is 10.0 Å².